The van der Waals surface area contributed by atoms with Crippen molar-refractivity contribution in [2.24, 2.45) is 0 Å². The average Bonchev–Trinajstić information content (AvgIpc) is 2.71. The van der Waals surface area contributed by atoms with Crippen LogP contribution in [0.2, 0.25) is 15.1 Å². The highest BCUT2D eigenvalue weighted by atomic mass is 35.5. The SMILES string of the molecule is CCNC(=O)[C@H](CC)N(Cc1ccc(Cl)c(Cl)c1)C(=O)COc1ccc(Cl)c(C)c1. The first-order valence-electron chi connectivity index (χ1n) is 9.66. The quantitative estimate of drug-likeness (QED) is 0.541. The third kappa shape index (κ3) is 6.53. The highest BCUT2D eigenvalue weighted by Gasteiger charge is 2.28. The van der Waals surface area contributed by atoms with Crippen molar-refractivity contribution in [1.82, 2.24) is 10.2 Å². The number of likely N-dealkylation sites (N-methyl/N-ethyl adjacent to an activating group) is 1. The number of amides is 2. The maximum Gasteiger partial charge on any atom is 0.261 e. The highest BCUT2D eigenvalue weighted by molar-refractivity contribution is 6.42. The van der Waals surface area contributed by atoms with Crippen LogP contribution in [0.5, 0.6) is 5.75 Å². The molecule has 0 radical (unpaired) electrons. The molecule has 2 aromatic rings. The zero-order valence-electron chi connectivity index (χ0n) is 17.2. The van der Waals surface area contributed by atoms with Gasteiger partial charge in [0.25, 0.3) is 5.91 Å². The van der Waals surface area contributed by atoms with E-state index in [0.29, 0.717) is 33.8 Å². The molecular formula is C22H25Cl3N2O3. The second-order valence-electron chi connectivity index (χ2n) is 6.79. The van der Waals surface area contributed by atoms with Gasteiger partial charge in [-0.25, -0.2) is 0 Å². The molecule has 0 heterocycles. The molecule has 0 fully saturated rings. The molecule has 0 bridgehead atoms. The molecule has 0 aromatic heterocycles. The molecule has 30 heavy (non-hydrogen) atoms. The fraction of sp³-hybridized carbons (Fsp3) is 0.364. The van der Waals surface area contributed by atoms with Gasteiger partial charge >= 0.3 is 0 Å². The van der Waals surface area contributed by atoms with Crippen LogP contribution in [0.3, 0.4) is 0 Å². The molecule has 0 aliphatic rings. The van der Waals surface area contributed by atoms with Crippen LogP contribution in [-0.4, -0.2) is 35.9 Å². The monoisotopic (exact) mass is 470 g/mol. The Morgan fingerprint density at radius 1 is 1.03 bits per heavy atom. The predicted octanol–water partition coefficient (Wildman–Crippen LogP) is 5.28. The summed E-state index contributed by atoms with van der Waals surface area (Å²) in [5.74, 6) is 0.00771. The minimum Gasteiger partial charge on any atom is -0.484 e. The van der Waals surface area contributed by atoms with E-state index in [-0.39, 0.29) is 25.0 Å². The molecule has 1 atom stereocenters. The fourth-order valence-corrected chi connectivity index (χ4v) is 3.42. The van der Waals surface area contributed by atoms with Crippen LogP contribution < -0.4 is 10.1 Å². The van der Waals surface area contributed by atoms with Gasteiger partial charge in [0.05, 0.1) is 10.0 Å². The predicted molar refractivity (Wildman–Crippen MR) is 121 cm³/mol. The van der Waals surface area contributed by atoms with Crippen LogP contribution in [0.25, 0.3) is 0 Å². The second kappa shape index (κ2) is 11.4. The van der Waals surface area contributed by atoms with Crippen molar-refractivity contribution in [1.29, 1.82) is 0 Å². The van der Waals surface area contributed by atoms with Crippen molar-refractivity contribution >= 4 is 46.6 Å². The molecule has 0 spiro atoms. The maximum atomic E-state index is 13.1. The summed E-state index contributed by atoms with van der Waals surface area (Å²) in [5, 5.41) is 4.23. The molecule has 162 valence electrons. The van der Waals surface area contributed by atoms with Gasteiger partial charge in [0, 0.05) is 18.1 Å². The number of hydrogen-bond acceptors (Lipinski definition) is 3. The number of carbonyl (C=O) groups excluding carboxylic acids is 2. The Hall–Kier alpha value is -1.95. The number of benzene rings is 2. The topological polar surface area (TPSA) is 58.6 Å². The number of nitrogens with zero attached hydrogens (tertiary/aromatic N) is 1. The number of aryl methyl sites for hydroxylation is 1. The molecule has 2 amide bonds. The van der Waals surface area contributed by atoms with Crippen LogP contribution in [0.4, 0.5) is 0 Å². The molecule has 5 nitrogen and oxygen atoms in total. The van der Waals surface area contributed by atoms with E-state index in [1.807, 2.05) is 20.8 Å². The second-order valence-corrected chi connectivity index (χ2v) is 8.01. The average molecular weight is 472 g/mol. The minimum absolute atomic E-state index is 0.203. The molecule has 2 aromatic carbocycles. The third-order valence-corrected chi connectivity index (χ3v) is 5.73. The Morgan fingerprint density at radius 3 is 2.33 bits per heavy atom. The number of carbonyl (C=O) groups is 2. The molecule has 0 aliphatic heterocycles. The summed E-state index contributed by atoms with van der Waals surface area (Å²) in [4.78, 5) is 27.2. The van der Waals surface area contributed by atoms with Crippen LogP contribution in [-0.2, 0) is 16.1 Å². The first kappa shape index (κ1) is 24.3. The van der Waals surface area contributed by atoms with Gasteiger partial charge in [-0.2, -0.15) is 0 Å². The number of halogens is 3. The van der Waals surface area contributed by atoms with Gasteiger partial charge in [0.1, 0.15) is 11.8 Å². The number of nitrogens with one attached hydrogen (secondary N) is 1. The Morgan fingerprint density at radius 2 is 1.73 bits per heavy atom. The van der Waals surface area contributed by atoms with Crippen molar-refractivity contribution < 1.29 is 14.3 Å². The van der Waals surface area contributed by atoms with Crippen LogP contribution in [0.1, 0.15) is 31.4 Å². The van der Waals surface area contributed by atoms with E-state index in [2.05, 4.69) is 5.32 Å². The summed E-state index contributed by atoms with van der Waals surface area (Å²) in [7, 11) is 0. The van der Waals surface area contributed by atoms with E-state index >= 15 is 0 Å². The lowest BCUT2D eigenvalue weighted by Gasteiger charge is -2.30. The van der Waals surface area contributed by atoms with Crippen molar-refractivity contribution in [3.05, 3.63) is 62.6 Å². The summed E-state index contributed by atoms with van der Waals surface area (Å²) in [6, 6.07) is 9.69. The Kier molecular flexibility index (Phi) is 9.28. The van der Waals surface area contributed by atoms with E-state index in [1.54, 1.807) is 36.4 Å². The van der Waals surface area contributed by atoms with E-state index in [4.69, 9.17) is 39.5 Å². The van der Waals surface area contributed by atoms with Crippen molar-refractivity contribution in [3.8, 4) is 5.75 Å². The van der Waals surface area contributed by atoms with Gasteiger partial charge in [-0.15, -0.1) is 0 Å². The molecule has 1 N–H and O–H groups in total. The zero-order chi connectivity index (χ0) is 22.3. The van der Waals surface area contributed by atoms with E-state index < -0.39 is 6.04 Å². The Bertz CT molecular complexity index is 905. The van der Waals surface area contributed by atoms with E-state index in [9.17, 15) is 9.59 Å². The van der Waals surface area contributed by atoms with Crippen LogP contribution in [0.15, 0.2) is 36.4 Å². The normalized spacial score (nSPS) is 11.7. The summed E-state index contributed by atoms with van der Waals surface area (Å²) < 4.78 is 5.67. The molecular weight excluding hydrogens is 447 g/mol. The lowest BCUT2D eigenvalue weighted by molar-refractivity contribution is -0.142. The Balaban J connectivity index is 2.23. The molecule has 2 rings (SSSR count). The van der Waals surface area contributed by atoms with Gasteiger partial charge in [0.2, 0.25) is 5.91 Å². The first-order chi connectivity index (χ1) is 14.3. The number of ether oxygens (including phenoxy) is 1. The van der Waals surface area contributed by atoms with Crippen LogP contribution in [0, 0.1) is 6.92 Å². The zero-order valence-corrected chi connectivity index (χ0v) is 19.4. The number of rotatable bonds is 9. The molecule has 8 heteroatoms. The minimum atomic E-state index is -0.637. The van der Waals surface area contributed by atoms with E-state index in [1.165, 1.54) is 4.90 Å². The Labute approximate surface area is 192 Å². The molecule has 0 aliphatic carbocycles. The largest absolute Gasteiger partial charge is 0.484 e. The highest BCUT2D eigenvalue weighted by Crippen LogP contribution is 2.25. The van der Waals surface area contributed by atoms with Gasteiger partial charge in [-0.05, 0) is 61.7 Å². The van der Waals surface area contributed by atoms with Gasteiger partial charge < -0.3 is 15.0 Å². The summed E-state index contributed by atoms with van der Waals surface area (Å²) in [6.07, 6.45) is 0.457. The lowest BCUT2D eigenvalue weighted by atomic mass is 10.1. The van der Waals surface area contributed by atoms with E-state index in [0.717, 1.165) is 11.1 Å². The van der Waals surface area contributed by atoms with Gasteiger partial charge in [-0.3, -0.25) is 9.59 Å². The third-order valence-electron chi connectivity index (χ3n) is 4.57. The van der Waals surface area contributed by atoms with Crippen molar-refractivity contribution in [2.45, 2.75) is 39.8 Å². The maximum absolute atomic E-state index is 13.1. The van der Waals surface area contributed by atoms with Gasteiger partial charge in [0.15, 0.2) is 6.61 Å². The first-order valence-corrected chi connectivity index (χ1v) is 10.8. The summed E-state index contributed by atoms with van der Waals surface area (Å²) >= 11 is 18.2. The van der Waals surface area contributed by atoms with Gasteiger partial charge in [-0.1, -0.05) is 47.8 Å². The van der Waals surface area contributed by atoms with Crippen LogP contribution >= 0.6 is 34.8 Å². The molecule has 0 saturated carbocycles. The van der Waals surface area contributed by atoms with Crippen molar-refractivity contribution in [2.75, 3.05) is 13.2 Å². The standard InChI is InChI=1S/C22H25Cl3N2O3/c1-4-20(22(29)26-5-2)27(12-15-6-8-18(24)19(25)11-15)21(28)13-30-16-7-9-17(23)14(3)10-16/h6-11,20H,4-5,12-13H2,1-3H3,(H,26,29)/t20-/m0/s1. The lowest BCUT2D eigenvalue weighted by Crippen LogP contribution is -2.50. The molecule has 0 saturated heterocycles. The fourth-order valence-electron chi connectivity index (χ4n) is 2.98. The molecule has 0 unspecified atom stereocenters. The number of hydrogen-bond donors (Lipinski definition) is 1. The summed E-state index contributed by atoms with van der Waals surface area (Å²) in [5.41, 5.74) is 1.62. The summed E-state index contributed by atoms with van der Waals surface area (Å²) in [6.45, 7) is 6.02. The van der Waals surface area contributed by atoms with Crippen molar-refractivity contribution in [3.63, 3.8) is 0 Å². The smallest absolute Gasteiger partial charge is 0.261 e.